The molecule has 0 spiro atoms. The van der Waals surface area contributed by atoms with Crippen molar-refractivity contribution in [1.82, 2.24) is 5.32 Å². The maximum absolute atomic E-state index is 12.3. The molecule has 23 heavy (non-hydrogen) atoms. The molecule has 2 N–H and O–H groups in total. The van der Waals surface area contributed by atoms with Gasteiger partial charge in [0, 0.05) is 13.0 Å². The molecule has 0 aromatic heterocycles. The Kier molecular flexibility index (Phi) is 4.58. The van der Waals surface area contributed by atoms with Crippen LogP contribution in [0, 0.1) is 0 Å². The minimum Gasteiger partial charge on any atom is -0.480 e. The summed E-state index contributed by atoms with van der Waals surface area (Å²) in [5.41, 5.74) is -0.738. The van der Waals surface area contributed by atoms with Gasteiger partial charge in [-0.3, -0.25) is 9.59 Å². The molecule has 1 heterocycles. The molecular weight excluding hydrogens is 300 g/mol. The topological polar surface area (TPSA) is 95.9 Å². The number of carboxylic acid groups (broad SMARTS) is 1. The van der Waals surface area contributed by atoms with E-state index in [-0.39, 0.29) is 18.9 Å². The molecule has 7 heteroatoms. The molecule has 1 atom stereocenters. The zero-order chi connectivity index (χ0) is 17.2. The van der Waals surface area contributed by atoms with Gasteiger partial charge in [0.15, 0.2) is 6.10 Å². The monoisotopic (exact) mass is 320 g/mol. The van der Waals surface area contributed by atoms with Crippen LogP contribution in [0.3, 0.4) is 0 Å². The number of nitrogens with zero attached hydrogens (tertiary/aromatic N) is 1. The van der Waals surface area contributed by atoms with Crippen LogP contribution in [0.2, 0.25) is 0 Å². The molecule has 2 rings (SSSR count). The van der Waals surface area contributed by atoms with Crippen LogP contribution in [0.1, 0.15) is 27.2 Å². The number of nitrogens with one attached hydrogen (secondary N) is 1. The summed E-state index contributed by atoms with van der Waals surface area (Å²) in [6.07, 6.45) is -0.618. The Morgan fingerprint density at radius 2 is 2.00 bits per heavy atom. The first-order chi connectivity index (χ1) is 10.7. The van der Waals surface area contributed by atoms with E-state index in [2.05, 4.69) is 5.32 Å². The number of fused-ring (bicyclic) bond motifs is 1. The van der Waals surface area contributed by atoms with Gasteiger partial charge < -0.3 is 20.1 Å². The van der Waals surface area contributed by atoms with Gasteiger partial charge in [0.2, 0.25) is 5.91 Å². The Morgan fingerprint density at radius 3 is 2.65 bits per heavy atom. The minimum absolute atomic E-state index is 0.00348. The first-order valence-corrected chi connectivity index (χ1v) is 7.34. The molecule has 1 aromatic carbocycles. The number of hydrogen-bond acceptors (Lipinski definition) is 4. The van der Waals surface area contributed by atoms with Gasteiger partial charge >= 0.3 is 5.97 Å². The molecule has 0 fully saturated rings. The van der Waals surface area contributed by atoms with Crippen molar-refractivity contribution in [2.24, 2.45) is 0 Å². The van der Waals surface area contributed by atoms with Crippen molar-refractivity contribution in [3.8, 4) is 5.75 Å². The number of para-hydroxylation sites is 2. The van der Waals surface area contributed by atoms with Gasteiger partial charge in [-0.05, 0) is 32.9 Å². The third-order valence-corrected chi connectivity index (χ3v) is 3.62. The average Bonchev–Trinajstić information content (AvgIpc) is 2.47. The standard InChI is InChI=1S/C16H20N2O5/c1-10-14(20)18(11-6-4-5-7-12(11)23-10)9-8-13(19)17-16(2,3)15(21)22/h4-7,10H,8-9H2,1-3H3,(H,17,19)(H,21,22). The minimum atomic E-state index is -1.35. The molecule has 0 radical (unpaired) electrons. The third-order valence-electron chi connectivity index (χ3n) is 3.62. The average molecular weight is 320 g/mol. The van der Waals surface area contributed by atoms with Crippen molar-refractivity contribution < 1.29 is 24.2 Å². The second-order valence-electron chi connectivity index (χ2n) is 5.95. The van der Waals surface area contributed by atoms with Gasteiger partial charge in [-0.2, -0.15) is 0 Å². The normalized spacial score (nSPS) is 17.3. The number of anilines is 1. The highest BCUT2D eigenvalue weighted by Crippen LogP contribution is 2.33. The Bertz CT molecular complexity index is 641. The van der Waals surface area contributed by atoms with Crippen molar-refractivity contribution in [3.05, 3.63) is 24.3 Å². The fourth-order valence-electron chi connectivity index (χ4n) is 2.27. The SMILES string of the molecule is CC1Oc2ccccc2N(CCC(=O)NC(C)(C)C(=O)O)C1=O. The van der Waals surface area contributed by atoms with Crippen molar-refractivity contribution in [1.29, 1.82) is 0 Å². The number of ether oxygens (including phenoxy) is 1. The lowest BCUT2D eigenvalue weighted by Gasteiger charge is -2.33. The third kappa shape index (κ3) is 3.61. The molecule has 0 saturated carbocycles. The highest BCUT2D eigenvalue weighted by molar-refractivity contribution is 6.00. The lowest BCUT2D eigenvalue weighted by molar-refractivity contribution is -0.146. The Morgan fingerprint density at radius 1 is 1.35 bits per heavy atom. The van der Waals surface area contributed by atoms with E-state index in [1.807, 2.05) is 6.07 Å². The van der Waals surface area contributed by atoms with Crippen LogP contribution in [0.4, 0.5) is 5.69 Å². The van der Waals surface area contributed by atoms with Gasteiger partial charge in [-0.1, -0.05) is 12.1 Å². The van der Waals surface area contributed by atoms with E-state index in [4.69, 9.17) is 9.84 Å². The van der Waals surface area contributed by atoms with Crippen LogP contribution < -0.4 is 15.0 Å². The van der Waals surface area contributed by atoms with E-state index in [1.54, 1.807) is 25.1 Å². The maximum atomic E-state index is 12.3. The highest BCUT2D eigenvalue weighted by atomic mass is 16.5. The predicted molar refractivity (Wildman–Crippen MR) is 83.4 cm³/mol. The van der Waals surface area contributed by atoms with Crippen LogP contribution in [-0.4, -0.2) is 41.1 Å². The molecule has 1 unspecified atom stereocenters. The lowest BCUT2D eigenvalue weighted by atomic mass is 10.1. The number of benzene rings is 1. The number of aliphatic carboxylic acids is 1. The van der Waals surface area contributed by atoms with E-state index < -0.39 is 23.5 Å². The molecule has 2 amide bonds. The van der Waals surface area contributed by atoms with Crippen molar-refractivity contribution >= 4 is 23.5 Å². The molecule has 0 bridgehead atoms. The summed E-state index contributed by atoms with van der Waals surface area (Å²) in [4.78, 5) is 36.8. The Labute approximate surface area is 134 Å². The molecule has 0 aliphatic carbocycles. The second kappa shape index (κ2) is 6.28. The van der Waals surface area contributed by atoms with Gasteiger partial charge in [0.05, 0.1) is 5.69 Å². The summed E-state index contributed by atoms with van der Waals surface area (Å²) in [5, 5.41) is 11.5. The summed E-state index contributed by atoms with van der Waals surface area (Å²) in [6.45, 7) is 4.62. The molecule has 7 nitrogen and oxygen atoms in total. The van der Waals surface area contributed by atoms with E-state index >= 15 is 0 Å². The number of carbonyl (C=O) groups excluding carboxylic acids is 2. The fraction of sp³-hybridized carbons (Fsp3) is 0.438. The second-order valence-corrected chi connectivity index (χ2v) is 5.95. The van der Waals surface area contributed by atoms with Gasteiger partial charge in [-0.15, -0.1) is 0 Å². The quantitative estimate of drug-likeness (QED) is 0.849. The van der Waals surface area contributed by atoms with Crippen molar-refractivity contribution in [3.63, 3.8) is 0 Å². The number of carboxylic acids is 1. The van der Waals surface area contributed by atoms with Gasteiger partial charge in [0.1, 0.15) is 11.3 Å². The first-order valence-electron chi connectivity index (χ1n) is 7.34. The van der Waals surface area contributed by atoms with E-state index in [1.165, 1.54) is 18.7 Å². The summed E-state index contributed by atoms with van der Waals surface area (Å²) in [6, 6.07) is 7.10. The van der Waals surface area contributed by atoms with Crippen LogP contribution in [0.15, 0.2) is 24.3 Å². The molecule has 1 aliphatic heterocycles. The molecule has 0 saturated heterocycles. The summed E-state index contributed by atoms with van der Waals surface area (Å²) < 4.78 is 5.52. The highest BCUT2D eigenvalue weighted by Gasteiger charge is 2.32. The predicted octanol–water partition coefficient (Wildman–Crippen LogP) is 1.17. The van der Waals surface area contributed by atoms with Crippen LogP contribution in [0.25, 0.3) is 0 Å². The van der Waals surface area contributed by atoms with Crippen LogP contribution >= 0.6 is 0 Å². The van der Waals surface area contributed by atoms with E-state index in [0.717, 1.165) is 0 Å². The summed E-state index contributed by atoms with van der Waals surface area (Å²) >= 11 is 0. The van der Waals surface area contributed by atoms with Gasteiger partial charge in [0.25, 0.3) is 5.91 Å². The van der Waals surface area contributed by atoms with E-state index in [9.17, 15) is 14.4 Å². The zero-order valence-electron chi connectivity index (χ0n) is 13.3. The lowest BCUT2D eigenvalue weighted by Crippen LogP contribution is -2.51. The number of amides is 2. The molecule has 124 valence electrons. The molecular formula is C16H20N2O5. The molecule has 1 aromatic rings. The van der Waals surface area contributed by atoms with Crippen LogP contribution in [-0.2, 0) is 14.4 Å². The van der Waals surface area contributed by atoms with Gasteiger partial charge in [-0.25, -0.2) is 4.79 Å². The summed E-state index contributed by atoms with van der Waals surface area (Å²) in [5.74, 6) is -1.19. The van der Waals surface area contributed by atoms with Crippen LogP contribution in [0.5, 0.6) is 5.75 Å². The van der Waals surface area contributed by atoms with Crippen molar-refractivity contribution in [2.45, 2.75) is 38.8 Å². The summed E-state index contributed by atoms with van der Waals surface area (Å²) in [7, 11) is 0. The smallest absolute Gasteiger partial charge is 0.328 e. The van der Waals surface area contributed by atoms with Crippen molar-refractivity contribution in [2.75, 3.05) is 11.4 Å². The Hall–Kier alpha value is -2.57. The maximum Gasteiger partial charge on any atom is 0.328 e. The number of rotatable bonds is 5. The fourth-order valence-corrected chi connectivity index (χ4v) is 2.27. The first kappa shape index (κ1) is 16.8. The van der Waals surface area contributed by atoms with E-state index in [0.29, 0.717) is 11.4 Å². The largest absolute Gasteiger partial charge is 0.480 e. The Balaban J connectivity index is 2.06. The molecule has 1 aliphatic rings. The zero-order valence-corrected chi connectivity index (χ0v) is 13.3. The number of carbonyl (C=O) groups is 3. The number of hydrogen-bond donors (Lipinski definition) is 2.